The zero-order chi connectivity index (χ0) is 73.5. The molecular formula is C63H74Cl3N13O14S6. The molecule has 7 N–H and O–H groups in total. The van der Waals surface area contributed by atoms with E-state index in [1.807, 2.05) is 14.1 Å². The molecule has 0 aliphatic carbocycles. The van der Waals surface area contributed by atoms with E-state index in [1.54, 1.807) is 85.5 Å². The molecule has 8 rings (SSSR count). The fourth-order valence-electron chi connectivity index (χ4n) is 7.17. The number of nitrogens with zero attached hydrogens (tertiary/aromatic N) is 7. The van der Waals surface area contributed by atoms with Crippen LogP contribution in [-0.4, -0.2) is 148 Å². The van der Waals surface area contributed by atoms with E-state index in [4.69, 9.17) is 40.2 Å². The fourth-order valence-corrected chi connectivity index (χ4v) is 12.7. The number of amides is 4. The summed E-state index contributed by atoms with van der Waals surface area (Å²) in [4.78, 5) is 38.6. The van der Waals surface area contributed by atoms with Crippen LogP contribution < -0.4 is 32.3 Å². The normalized spacial score (nSPS) is 11.2. The Morgan fingerprint density at radius 1 is 0.424 bits per heavy atom. The number of halogens is 3. The molecule has 532 valence electrons. The highest BCUT2D eigenvalue weighted by Crippen LogP contribution is 2.23. The van der Waals surface area contributed by atoms with Crippen molar-refractivity contribution in [2.45, 2.75) is 55.4 Å². The van der Waals surface area contributed by atoms with Gasteiger partial charge in [-0.1, -0.05) is 72.8 Å². The van der Waals surface area contributed by atoms with Gasteiger partial charge in [0, 0.05) is 119 Å². The second-order valence-corrected chi connectivity index (χ2v) is 34.1. The van der Waals surface area contributed by atoms with E-state index in [0.717, 1.165) is 25.3 Å². The van der Waals surface area contributed by atoms with Crippen molar-refractivity contribution in [3.63, 3.8) is 0 Å². The summed E-state index contributed by atoms with van der Waals surface area (Å²) in [6.07, 6.45) is 6.79. The van der Waals surface area contributed by atoms with Gasteiger partial charge in [-0.2, -0.15) is 0 Å². The maximum atomic E-state index is 12.7. The minimum absolute atomic E-state index is 0. The van der Waals surface area contributed by atoms with Gasteiger partial charge >= 0.3 is 12.1 Å². The molecule has 0 spiro atoms. The first-order chi connectivity index (χ1) is 45.9. The van der Waals surface area contributed by atoms with Crippen molar-refractivity contribution < 1.29 is 60.1 Å². The Morgan fingerprint density at radius 2 is 0.697 bits per heavy atom. The quantitative estimate of drug-likeness (QED) is 0.0324. The molecular weight excluding hydrogens is 1460 g/mol. The van der Waals surface area contributed by atoms with Crippen LogP contribution in [0.1, 0.15) is 22.3 Å². The summed E-state index contributed by atoms with van der Waals surface area (Å²) in [5.74, 6) is -0.133. The molecule has 0 radical (unpaired) electrons. The van der Waals surface area contributed by atoms with E-state index in [-0.39, 0.29) is 49.1 Å². The number of pyridine rings is 2. The summed E-state index contributed by atoms with van der Waals surface area (Å²) in [6, 6.07) is 41.9. The third kappa shape index (κ3) is 29.9. The van der Waals surface area contributed by atoms with Crippen molar-refractivity contribution in [1.82, 2.24) is 38.8 Å². The minimum atomic E-state index is -3.76. The van der Waals surface area contributed by atoms with Crippen LogP contribution in [0, 0.1) is 13.1 Å². The van der Waals surface area contributed by atoms with Gasteiger partial charge in [0.05, 0.1) is 48.3 Å². The van der Waals surface area contributed by atoms with Crippen LogP contribution in [0.2, 0.25) is 0 Å². The van der Waals surface area contributed by atoms with Crippen LogP contribution in [0.3, 0.4) is 0 Å². The second-order valence-electron chi connectivity index (χ2n) is 20.4. The Morgan fingerprint density at radius 3 is 0.980 bits per heavy atom. The van der Waals surface area contributed by atoms with Gasteiger partial charge < -0.3 is 32.3 Å². The predicted octanol–water partition coefficient (Wildman–Crippen LogP) is 9.31. The predicted molar refractivity (Wildman–Crippen MR) is 386 cm³/mol. The van der Waals surface area contributed by atoms with Gasteiger partial charge in [-0.25, -0.2) is 82.7 Å². The largest absolute Gasteiger partial charge is 0.334 e. The Labute approximate surface area is 594 Å². The number of aryl methyl sites for hydroxylation is 1. The summed E-state index contributed by atoms with van der Waals surface area (Å²) in [7, 11) is 1.66. The van der Waals surface area contributed by atoms with Crippen LogP contribution in [-0.2, 0) is 84.1 Å². The van der Waals surface area contributed by atoms with Crippen LogP contribution in [0.15, 0.2) is 224 Å². The molecule has 27 nitrogen and oxygen atoms in total. The first-order valence-electron chi connectivity index (χ1n) is 28.3. The number of anilines is 2. The maximum absolute atomic E-state index is 12.7. The average molecular weight is 1540 g/mol. The molecule has 36 heteroatoms. The van der Waals surface area contributed by atoms with Gasteiger partial charge in [0.1, 0.15) is 0 Å². The standard InChI is InChI=1S/C23H26N4O5S2.C13H12ClN3O3S.C9H10N2O2S.C9H14N2O2S.C7H4ClNO2S.C2H7N.ClH/c1-27(2)34(31,32)22-7-3-18(4-8-22)13-16-33(29,30)21-9-5-20(6-10-21)26-23(28)25-17-19-11-14-24-15-12-19;14-21(19,20)12-3-1-11(2-4-12)17-13(18)16-9-10-5-7-15-8-6-10;1-10-8-4-6-9(7-5-8)14(12,13)11(2)3;1-11(2)14(12,13)9-5-3-8(7-10)4-6-9;1-9-6-2-4-7(5-3-6)12(8,10)11;1-3-2;/h3-12,14-15H,13,16-17H2,1-2H3,(H2,25,26,28);1-8H,9H2,(H2,16,17,18);4-7H,2-3H3;3-6H,7,10H2,1-2H3;2-5H;3H,1-2H3;1H. The molecule has 0 unspecified atom stereocenters. The highest BCUT2D eigenvalue weighted by atomic mass is 35.7. The Bertz CT molecular complexity index is 4670. The molecule has 2 heterocycles. The molecule has 0 atom stereocenters. The van der Waals surface area contributed by atoms with Gasteiger partial charge in [0.25, 0.3) is 18.1 Å². The second kappa shape index (κ2) is 41.2. The van der Waals surface area contributed by atoms with Gasteiger partial charge in [-0.15, -0.1) is 12.4 Å². The SMILES string of the molecule is CN(C)S(=O)(=O)c1ccc(CCS(=O)(=O)c2ccc(NC(=O)NCc3ccncc3)cc2)cc1.CN(C)S(=O)(=O)c1ccc(CN)cc1.CNC.Cl.O=C(NCc1ccncc1)Nc1ccc(S(=O)(=O)Cl)cc1.[C-]#[N+]c1ccc(S(=O)(=O)Cl)cc1.[C-]#[N+]c1ccc(S(=O)(=O)N(C)C)cc1. The number of nitrogens with two attached hydrogens (primary N) is 1. The third-order valence-electron chi connectivity index (χ3n) is 12.6. The zero-order valence-corrected chi connectivity index (χ0v) is 61.8. The van der Waals surface area contributed by atoms with Crippen LogP contribution in [0.5, 0.6) is 0 Å². The lowest BCUT2D eigenvalue weighted by Crippen LogP contribution is -2.28. The first-order valence-corrected chi connectivity index (χ1v) is 38.9. The Balaban J connectivity index is 0.000000441. The number of urea groups is 2. The van der Waals surface area contributed by atoms with E-state index in [0.29, 0.717) is 52.8 Å². The third-order valence-corrected chi connectivity index (χ3v) is 22.5. The van der Waals surface area contributed by atoms with E-state index >= 15 is 0 Å². The molecule has 6 aromatic carbocycles. The molecule has 99 heavy (non-hydrogen) atoms. The highest BCUT2D eigenvalue weighted by Gasteiger charge is 2.20. The maximum Gasteiger partial charge on any atom is 0.319 e. The topological polar surface area (TPSA) is 369 Å². The highest BCUT2D eigenvalue weighted by molar-refractivity contribution is 8.14. The van der Waals surface area contributed by atoms with E-state index in [2.05, 4.69) is 46.2 Å². The number of carbonyl (C=O) groups is 2. The minimum Gasteiger partial charge on any atom is -0.334 e. The molecule has 8 aromatic rings. The van der Waals surface area contributed by atoms with Crippen LogP contribution in [0.25, 0.3) is 9.69 Å². The van der Waals surface area contributed by atoms with Crippen molar-refractivity contribution >= 4 is 127 Å². The molecule has 0 fully saturated rings. The fraction of sp³-hybridized carbons (Fsp3) is 0.206. The van der Waals surface area contributed by atoms with Crippen molar-refractivity contribution in [3.05, 3.63) is 240 Å². The lowest BCUT2D eigenvalue weighted by Gasteiger charge is -2.12. The lowest BCUT2D eigenvalue weighted by atomic mass is 10.2. The monoisotopic (exact) mass is 1530 g/mol. The molecule has 0 bridgehead atoms. The summed E-state index contributed by atoms with van der Waals surface area (Å²) in [6.45, 7) is 14.5. The molecule has 0 aliphatic rings. The van der Waals surface area contributed by atoms with Crippen LogP contribution >= 0.6 is 33.8 Å². The van der Waals surface area contributed by atoms with Gasteiger partial charge in [0.15, 0.2) is 21.2 Å². The zero-order valence-electron chi connectivity index (χ0n) is 54.5. The number of hydrogen-bond acceptors (Lipinski definition) is 18. The van der Waals surface area contributed by atoms with Gasteiger partial charge in [0.2, 0.25) is 30.1 Å². The van der Waals surface area contributed by atoms with Crippen molar-refractivity contribution in [1.29, 1.82) is 0 Å². The molecule has 0 saturated heterocycles. The van der Waals surface area contributed by atoms with Crippen molar-refractivity contribution in [2.75, 3.05) is 72.8 Å². The van der Waals surface area contributed by atoms with E-state index in [9.17, 15) is 60.1 Å². The van der Waals surface area contributed by atoms with E-state index in [1.165, 1.54) is 156 Å². The number of sulfonamides is 3. The number of nitrogens with one attached hydrogen (secondary N) is 5. The number of carbonyl (C=O) groups excluding carboxylic acids is 2. The number of sulfone groups is 1. The number of aromatic nitrogens is 2. The van der Waals surface area contributed by atoms with Crippen LogP contribution in [0.4, 0.5) is 32.3 Å². The molecule has 0 aliphatic heterocycles. The average Bonchev–Trinajstić information content (AvgIpc) is 1.01. The summed E-state index contributed by atoms with van der Waals surface area (Å²) in [5.41, 5.74) is 10.6. The lowest BCUT2D eigenvalue weighted by molar-refractivity contribution is 0.251. The van der Waals surface area contributed by atoms with Gasteiger partial charge in [-0.05, 0) is 140 Å². The Hall–Kier alpha value is -8.49. The molecule has 2 aromatic heterocycles. The van der Waals surface area contributed by atoms with Crippen molar-refractivity contribution in [3.8, 4) is 0 Å². The number of benzene rings is 6. The number of hydrogen-bond donors (Lipinski definition) is 6. The first kappa shape index (κ1) is 86.6. The summed E-state index contributed by atoms with van der Waals surface area (Å²) < 4.78 is 143. The molecule has 4 amide bonds. The molecule has 0 saturated carbocycles. The van der Waals surface area contributed by atoms with Gasteiger partial charge in [-0.3, -0.25) is 9.97 Å². The Kier molecular flexibility index (Phi) is 36.0. The van der Waals surface area contributed by atoms with E-state index < -0.39 is 70.1 Å². The summed E-state index contributed by atoms with van der Waals surface area (Å²) in [5, 5.41) is 13.4. The number of rotatable bonds is 19. The van der Waals surface area contributed by atoms with Crippen molar-refractivity contribution in [2.24, 2.45) is 5.73 Å². The summed E-state index contributed by atoms with van der Waals surface area (Å²) >= 11 is 0. The smallest absolute Gasteiger partial charge is 0.319 e.